The summed E-state index contributed by atoms with van der Waals surface area (Å²) in [6.07, 6.45) is 1.66. The molecule has 1 fully saturated rings. The topological polar surface area (TPSA) is 60.2 Å². The van der Waals surface area contributed by atoms with Gasteiger partial charge in [-0.1, -0.05) is 0 Å². The number of nitriles is 1. The van der Waals surface area contributed by atoms with Gasteiger partial charge in [-0.15, -0.1) is 0 Å². The van der Waals surface area contributed by atoms with E-state index in [0.717, 1.165) is 18.8 Å². The van der Waals surface area contributed by atoms with Gasteiger partial charge in [-0.25, -0.2) is 0 Å². The molecule has 2 rings (SSSR count). The zero-order valence-electron chi connectivity index (χ0n) is 12.3. The summed E-state index contributed by atoms with van der Waals surface area (Å²) in [5.74, 6) is 0.0462. The molecule has 0 N–H and O–H groups in total. The molecule has 1 saturated heterocycles. The van der Waals surface area contributed by atoms with Gasteiger partial charge in [0.15, 0.2) is 0 Å². The van der Waals surface area contributed by atoms with Crippen LogP contribution in [0.2, 0.25) is 0 Å². The standard InChI is InChI=1S/C15H20N4O/c1-12-10-13(4-5-17-12)14(20)18-6-8-19(9-7-18)15(2,3)11-16/h4-5,10H,6-9H2,1-3H3. The van der Waals surface area contributed by atoms with Crippen molar-refractivity contribution in [3.05, 3.63) is 29.6 Å². The van der Waals surface area contributed by atoms with Crippen molar-refractivity contribution in [1.29, 1.82) is 5.26 Å². The van der Waals surface area contributed by atoms with E-state index in [2.05, 4.69) is 16.0 Å². The number of amides is 1. The van der Waals surface area contributed by atoms with Crippen LogP contribution in [0.1, 0.15) is 29.9 Å². The number of carbonyl (C=O) groups excluding carboxylic acids is 1. The first-order valence-corrected chi connectivity index (χ1v) is 6.82. The zero-order chi connectivity index (χ0) is 14.8. The molecule has 1 aromatic rings. The third-order valence-electron chi connectivity index (χ3n) is 3.77. The molecule has 0 aliphatic carbocycles. The smallest absolute Gasteiger partial charge is 0.254 e. The average Bonchev–Trinajstić information content (AvgIpc) is 2.46. The van der Waals surface area contributed by atoms with Gasteiger partial charge < -0.3 is 4.90 Å². The van der Waals surface area contributed by atoms with Crippen molar-refractivity contribution < 1.29 is 4.79 Å². The molecule has 5 heteroatoms. The fraction of sp³-hybridized carbons (Fsp3) is 0.533. The normalized spacial score (nSPS) is 16.8. The molecule has 5 nitrogen and oxygen atoms in total. The molecule has 0 atom stereocenters. The second-order valence-corrected chi connectivity index (χ2v) is 5.64. The van der Waals surface area contributed by atoms with Gasteiger partial charge in [0.25, 0.3) is 5.91 Å². The minimum atomic E-state index is -0.470. The molecule has 0 bridgehead atoms. The Kier molecular flexibility index (Phi) is 4.05. The maximum Gasteiger partial charge on any atom is 0.254 e. The highest BCUT2D eigenvalue weighted by molar-refractivity contribution is 5.94. The van der Waals surface area contributed by atoms with Crippen molar-refractivity contribution in [2.75, 3.05) is 26.2 Å². The third-order valence-corrected chi connectivity index (χ3v) is 3.77. The summed E-state index contributed by atoms with van der Waals surface area (Å²) in [6, 6.07) is 5.87. The Morgan fingerprint density at radius 3 is 2.55 bits per heavy atom. The summed E-state index contributed by atoms with van der Waals surface area (Å²) in [5.41, 5.74) is 1.06. The van der Waals surface area contributed by atoms with Crippen LogP contribution in [0.3, 0.4) is 0 Å². The van der Waals surface area contributed by atoms with E-state index in [1.54, 1.807) is 12.3 Å². The van der Waals surface area contributed by atoms with E-state index < -0.39 is 5.54 Å². The number of aromatic nitrogens is 1. The average molecular weight is 272 g/mol. The minimum absolute atomic E-state index is 0.0462. The maximum absolute atomic E-state index is 12.4. The Morgan fingerprint density at radius 1 is 1.35 bits per heavy atom. The minimum Gasteiger partial charge on any atom is -0.336 e. The van der Waals surface area contributed by atoms with E-state index in [0.29, 0.717) is 18.7 Å². The zero-order valence-corrected chi connectivity index (χ0v) is 12.3. The van der Waals surface area contributed by atoms with E-state index in [-0.39, 0.29) is 5.91 Å². The fourth-order valence-electron chi connectivity index (χ4n) is 2.40. The predicted octanol–water partition coefficient (Wildman–Crippen LogP) is 1.45. The van der Waals surface area contributed by atoms with Gasteiger partial charge in [-0.2, -0.15) is 5.26 Å². The van der Waals surface area contributed by atoms with Crippen molar-refractivity contribution in [1.82, 2.24) is 14.8 Å². The fourth-order valence-corrected chi connectivity index (χ4v) is 2.40. The third kappa shape index (κ3) is 2.97. The molecule has 2 heterocycles. The summed E-state index contributed by atoms with van der Waals surface area (Å²) in [5, 5.41) is 9.15. The summed E-state index contributed by atoms with van der Waals surface area (Å²) in [4.78, 5) is 20.5. The van der Waals surface area contributed by atoms with Crippen LogP contribution in [0.15, 0.2) is 18.3 Å². The molecule has 20 heavy (non-hydrogen) atoms. The largest absolute Gasteiger partial charge is 0.336 e. The second kappa shape index (κ2) is 5.59. The van der Waals surface area contributed by atoms with Crippen LogP contribution in [-0.2, 0) is 0 Å². The number of aryl methyl sites for hydroxylation is 1. The maximum atomic E-state index is 12.4. The van der Waals surface area contributed by atoms with E-state index in [9.17, 15) is 4.79 Å². The number of nitrogens with zero attached hydrogens (tertiary/aromatic N) is 4. The molecular formula is C15H20N4O. The lowest BCUT2D eigenvalue weighted by Gasteiger charge is -2.40. The highest BCUT2D eigenvalue weighted by Gasteiger charge is 2.31. The lowest BCUT2D eigenvalue weighted by Crippen LogP contribution is -2.55. The van der Waals surface area contributed by atoms with Crippen molar-refractivity contribution in [2.24, 2.45) is 0 Å². The Hall–Kier alpha value is -1.93. The molecule has 1 aliphatic rings. The van der Waals surface area contributed by atoms with Crippen LogP contribution in [0, 0.1) is 18.3 Å². The number of carbonyl (C=O) groups is 1. The van der Waals surface area contributed by atoms with Gasteiger partial charge in [0.1, 0.15) is 5.54 Å². The van der Waals surface area contributed by atoms with E-state index in [4.69, 9.17) is 5.26 Å². The first-order chi connectivity index (χ1) is 9.44. The molecule has 1 aliphatic heterocycles. The van der Waals surface area contributed by atoms with E-state index in [1.165, 1.54) is 0 Å². The first-order valence-electron chi connectivity index (χ1n) is 6.82. The Balaban J connectivity index is 2.01. The Morgan fingerprint density at radius 2 is 2.00 bits per heavy atom. The SMILES string of the molecule is Cc1cc(C(=O)N2CCN(C(C)(C)C#N)CC2)ccn1. The lowest BCUT2D eigenvalue weighted by molar-refractivity contribution is 0.0520. The van der Waals surface area contributed by atoms with E-state index in [1.807, 2.05) is 31.7 Å². The molecule has 106 valence electrons. The van der Waals surface area contributed by atoms with Crippen molar-refractivity contribution in [2.45, 2.75) is 26.3 Å². The molecule has 1 amide bonds. The Labute approximate surface area is 119 Å². The second-order valence-electron chi connectivity index (χ2n) is 5.64. The van der Waals surface area contributed by atoms with Crippen LogP contribution < -0.4 is 0 Å². The Bertz CT molecular complexity index is 539. The summed E-state index contributed by atoms with van der Waals surface area (Å²) < 4.78 is 0. The summed E-state index contributed by atoms with van der Waals surface area (Å²) >= 11 is 0. The van der Waals surface area contributed by atoms with Crippen molar-refractivity contribution in [3.63, 3.8) is 0 Å². The van der Waals surface area contributed by atoms with Crippen LogP contribution in [0.5, 0.6) is 0 Å². The highest BCUT2D eigenvalue weighted by atomic mass is 16.2. The molecular weight excluding hydrogens is 252 g/mol. The van der Waals surface area contributed by atoms with Crippen LogP contribution in [-0.4, -0.2) is 52.4 Å². The number of pyridine rings is 1. The summed E-state index contributed by atoms with van der Waals surface area (Å²) in [7, 11) is 0. The van der Waals surface area contributed by atoms with Gasteiger partial charge in [0.05, 0.1) is 6.07 Å². The lowest BCUT2D eigenvalue weighted by atomic mass is 10.0. The summed E-state index contributed by atoms with van der Waals surface area (Å²) in [6.45, 7) is 8.49. The van der Waals surface area contributed by atoms with Crippen LogP contribution in [0.25, 0.3) is 0 Å². The van der Waals surface area contributed by atoms with Crippen LogP contribution in [0.4, 0.5) is 0 Å². The predicted molar refractivity (Wildman–Crippen MR) is 76.1 cm³/mol. The molecule has 0 unspecified atom stereocenters. The van der Waals surface area contributed by atoms with Gasteiger partial charge >= 0.3 is 0 Å². The molecule has 0 radical (unpaired) electrons. The highest BCUT2D eigenvalue weighted by Crippen LogP contribution is 2.17. The van der Waals surface area contributed by atoms with Crippen molar-refractivity contribution in [3.8, 4) is 6.07 Å². The van der Waals surface area contributed by atoms with Crippen LogP contribution >= 0.6 is 0 Å². The molecule has 0 saturated carbocycles. The molecule has 0 spiro atoms. The number of piperazine rings is 1. The first kappa shape index (κ1) is 14.5. The number of hydrogen-bond acceptors (Lipinski definition) is 4. The van der Waals surface area contributed by atoms with E-state index >= 15 is 0 Å². The molecule has 1 aromatic heterocycles. The van der Waals surface area contributed by atoms with Gasteiger partial charge in [-0.05, 0) is 32.9 Å². The number of rotatable bonds is 2. The van der Waals surface area contributed by atoms with Gasteiger partial charge in [-0.3, -0.25) is 14.7 Å². The molecule has 0 aromatic carbocycles. The number of hydrogen-bond donors (Lipinski definition) is 0. The van der Waals surface area contributed by atoms with Gasteiger partial charge in [0.2, 0.25) is 0 Å². The van der Waals surface area contributed by atoms with Gasteiger partial charge in [0, 0.05) is 43.6 Å². The quantitative estimate of drug-likeness (QED) is 0.817. The monoisotopic (exact) mass is 272 g/mol. The van der Waals surface area contributed by atoms with Crippen molar-refractivity contribution >= 4 is 5.91 Å².